The van der Waals surface area contributed by atoms with Crippen LogP contribution in [0.2, 0.25) is 0 Å². The number of ether oxygens (including phenoxy) is 1. The fourth-order valence-electron chi connectivity index (χ4n) is 13.2. The average molecular weight is 1460 g/mol. The van der Waals surface area contributed by atoms with E-state index in [0.29, 0.717) is 55.0 Å². The van der Waals surface area contributed by atoms with Gasteiger partial charge in [-0.15, -0.1) is 0 Å². The third kappa shape index (κ3) is 21.8. The zero-order valence-corrected chi connectivity index (χ0v) is 62.1. The largest absolute Gasteiger partial charge is 0.462 e. The number of fused-ring (bicyclic) bond motifs is 3. The number of carbonyl (C=O) groups is 6. The van der Waals surface area contributed by atoms with Gasteiger partial charge < -0.3 is 41.5 Å². The van der Waals surface area contributed by atoms with E-state index < -0.39 is 0 Å². The highest BCUT2D eigenvalue weighted by atomic mass is 16.5. The smallest absolute Gasteiger partial charge is 0.330 e. The third-order valence-electron chi connectivity index (χ3n) is 19.8. The fourth-order valence-corrected chi connectivity index (χ4v) is 13.2. The first-order valence-electron chi connectivity index (χ1n) is 36.5. The van der Waals surface area contributed by atoms with E-state index in [1.54, 1.807) is 74.0 Å². The van der Waals surface area contributed by atoms with E-state index in [0.717, 1.165) is 161 Å². The van der Waals surface area contributed by atoms with Crippen LogP contribution in [-0.4, -0.2) is 111 Å². The highest BCUT2D eigenvalue weighted by Crippen LogP contribution is 2.57. The Balaban J connectivity index is 0.000000162. The van der Waals surface area contributed by atoms with Crippen LogP contribution in [0.15, 0.2) is 226 Å². The van der Waals surface area contributed by atoms with Crippen molar-refractivity contribution in [2.75, 3.05) is 58.1 Å². The SMILES string of the molecule is C=CC(=O)CCN1CCC(C(=O)Nc2ccc(C)c(Nc3nccc(-c4cccnc4)n3)c2)CC1.C=CC(=O)OCC12CCC(C(=O)Nc3ccc(C)c(Nc4nccc(-c5cccnc5)n4)c3)(CC1)CC2.CC(C)=CC(=O)CCc1ccc(C(=O)Nc2ccc(C)c(Nc3nccc(-c4cccnc4)n3)c2)cc1. The number of nitrogens with zero attached hydrogens (tertiary/aromatic N) is 10. The Hall–Kier alpha value is -12.6. The first-order valence-corrected chi connectivity index (χ1v) is 36.5. The van der Waals surface area contributed by atoms with Crippen LogP contribution in [0.5, 0.6) is 0 Å². The summed E-state index contributed by atoms with van der Waals surface area (Å²) in [5.74, 6) is 1.02. The summed E-state index contributed by atoms with van der Waals surface area (Å²) in [7, 11) is 0. The molecule has 23 heteroatoms. The van der Waals surface area contributed by atoms with Gasteiger partial charge in [0.05, 0.1) is 23.7 Å². The van der Waals surface area contributed by atoms with E-state index >= 15 is 0 Å². The van der Waals surface area contributed by atoms with Crippen molar-refractivity contribution in [1.29, 1.82) is 0 Å². The molecule has 0 unspecified atom stereocenters. The second-order valence-electron chi connectivity index (χ2n) is 27.9. The summed E-state index contributed by atoms with van der Waals surface area (Å²) in [6.07, 6.45) is 28.0. The molecule has 1 aliphatic heterocycles. The molecule has 4 aliphatic rings. The number of rotatable bonds is 26. The summed E-state index contributed by atoms with van der Waals surface area (Å²) < 4.78 is 5.37. The number of aromatic nitrogens is 9. The normalized spacial score (nSPS) is 15.7. The van der Waals surface area contributed by atoms with Gasteiger partial charge in [-0.3, -0.25) is 38.9 Å². The number of allylic oxidation sites excluding steroid dienone is 3. The Bertz CT molecular complexity index is 4890. The number of piperidine rings is 1. The molecule has 3 aliphatic carbocycles. The zero-order valence-electron chi connectivity index (χ0n) is 62.1. The van der Waals surface area contributed by atoms with Crippen molar-refractivity contribution < 1.29 is 33.5 Å². The Morgan fingerprint density at radius 2 is 0.982 bits per heavy atom. The lowest BCUT2D eigenvalue weighted by Gasteiger charge is -2.52. The molecule has 1 saturated heterocycles. The standard InChI is InChI=1S/C30H29N5O2.C29H31N5O3.C27H30N6O2/c1-20(2)17-26(36)13-9-22-7-10-23(11-8-22)29(37)33-25-12-6-21(3)28(18-25)35-30-32-16-14-27(34-30)24-5-4-15-31-19-24;1-3-25(35)37-19-28-9-12-29(13-10-28,14-11-28)26(36)32-22-7-6-20(2)24(17-22)34-27-31-16-8-23(33-27)21-5-4-15-30-18-21;1-3-23(34)11-16-33-14-9-20(10-15-33)26(35)30-22-7-6-19(2)25(17-22)32-27-29-13-8-24(31-27)21-5-4-12-28-18-21/h4-8,10-12,14-19H,9,13H2,1-3H3,(H,33,37)(H,32,34,35);3-8,15-18H,1,9-14,19H2,2H3,(H,32,36)(H,31,33,34);3-8,12-13,17-18,20H,1,9-11,14-16H2,2H3,(H,30,35)(H,29,31,32). The zero-order chi connectivity index (χ0) is 76.7. The Morgan fingerprint density at radius 1 is 0.523 bits per heavy atom. The number of esters is 1. The number of nitrogens with one attached hydrogen (secondary N) is 6. The Labute approximate surface area is 635 Å². The second kappa shape index (κ2) is 37.1. The van der Waals surface area contributed by atoms with Crippen molar-refractivity contribution in [3.63, 3.8) is 0 Å². The molecule has 3 amide bonds. The van der Waals surface area contributed by atoms with Crippen molar-refractivity contribution >= 4 is 87.2 Å². The summed E-state index contributed by atoms with van der Waals surface area (Å²) >= 11 is 0. The minimum Gasteiger partial charge on any atom is -0.462 e. The quantitative estimate of drug-likeness (QED) is 0.0217. The number of likely N-dealkylation sites (tertiary alicyclic amines) is 1. The predicted octanol–water partition coefficient (Wildman–Crippen LogP) is 16.3. The number of aryl methyl sites for hydroxylation is 4. The number of pyridine rings is 3. The van der Waals surface area contributed by atoms with Gasteiger partial charge in [0.25, 0.3) is 5.91 Å². The van der Waals surface area contributed by atoms with Crippen LogP contribution in [0, 0.1) is 37.5 Å². The minimum absolute atomic E-state index is 0.00794. The van der Waals surface area contributed by atoms with Crippen LogP contribution < -0.4 is 31.9 Å². The molecule has 14 rings (SSSR count). The summed E-state index contributed by atoms with van der Waals surface area (Å²) in [6.45, 7) is 19.5. The van der Waals surface area contributed by atoms with Crippen LogP contribution in [-0.2, 0) is 35.1 Å². The maximum absolute atomic E-state index is 13.5. The number of hydrogen-bond donors (Lipinski definition) is 6. The van der Waals surface area contributed by atoms with Crippen molar-refractivity contribution in [3.8, 4) is 33.8 Å². The van der Waals surface area contributed by atoms with Crippen molar-refractivity contribution in [3.05, 3.63) is 254 Å². The molecular formula is C86H90N16O7. The molecule has 0 spiro atoms. The van der Waals surface area contributed by atoms with Gasteiger partial charge in [0.15, 0.2) is 11.6 Å². The number of carbonyl (C=O) groups excluding carboxylic acids is 6. The summed E-state index contributed by atoms with van der Waals surface area (Å²) in [5, 5.41) is 19.0. The molecule has 556 valence electrons. The molecule has 3 saturated carbocycles. The van der Waals surface area contributed by atoms with Gasteiger partial charge in [0.2, 0.25) is 29.7 Å². The van der Waals surface area contributed by atoms with Crippen LogP contribution in [0.4, 0.5) is 52.0 Å². The van der Waals surface area contributed by atoms with Gasteiger partial charge in [-0.05, 0) is 243 Å². The van der Waals surface area contributed by atoms with Crippen LogP contribution in [0.3, 0.4) is 0 Å². The van der Waals surface area contributed by atoms with Gasteiger partial charge >= 0.3 is 5.97 Å². The Kier molecular flexibility index (Phi) is 26.3. The summed E-state index contributed by atoms with van der Waals surface area (Å²) in [4.78, 5) is 116. The first-order chi connectivity index (χ1) is 52.8. The predicted molar refractivity (Wildman–Crippen MR) is 426 cm³/mol. The summed E-state index contributed by atoms with van der Waals surface area (Å²) in [5.41, 5.74) is 14.8. The maximum Gasteiger partial charge on any atom is 0.330 e. The lowest BCUT2D eigenvalue weighted by Crippen LogP contribution is -2.49. The van der Waals surface area contributed by atoms with Crippen molar-refractivity contribution in [2.24, 2.45) is 16.7 Å². The van der Waals surface area contributed by atoms with E-state index in [2.05, 4.69) is 94.8 Å². The number of anilines is 9. The number of hydrogen-bond acceptors (Lipinski definition) is 20. The van der Waals surface area contributed by atoms with E-state index in [9.17, 15) is 28.8 Å². The van der Waals surface area contributed by atoms with Crippen LogP contribution in [0.1, 0.15) is 111 Å². The lowest BCUT2D eigenvalue weighted by molar-refractivity contribution is -0.150. The summed E-state index contributed by atoms with van der Waals surface area (Å²) in [6, 6.07) is 41.5. The number of benzene rings is 4. The van der Waals surface area contributed by atoms with E-state index in [4.69, 9.17) is 4.74 Å². The molecule has 109 heavy (non-hydrogen) atoms. The highest BCUT2D eigenvalue weighted by molar-refractivity contribution is 6.04. The molecule has 7 heterocycles. The molecule has 10 aromatic rings. The molecular weight excluding hydrogens is 1370 g/mol. The molecule has 0 atom stereocenters. The van der Waals surface area contributed by atoms with Crippen molar-refractivity contribution in [1.82, 2.24) is 49.8 Å². The number of amides is 3. The van der Waals surface area contributed by atoms with Gasteiger partial charge in [0.1, 0.15) is 0 Å². The molecule has 6 aromatic heterocycles. The average Bonchev–Trinajstić information content (AvgIpc) is 0.751. The molecule has 23 nitrogen and oxygen atoms in total. The fraction of sp³-hybridized carbons (Fsp3) is 0.267. The molecule has 4 fully saturated rings. The molecule has 0 radical (unpaired) electrons. The van der Waals surface area contributed by atoms with Gasteiger partial charge in [-0.2, -0.15) is 0 Å². The van der Waals surface area contributed by atoms with Gasteiger partial charge in [-0.25, -0.2) is 34.7 Å². The molecule has 6 N–H and O–H groups in total. The number of ketones is 2. The van der Waals surface area contributed by atoms with E-state index in [1.165, 1.54) is 12.2 Å². The first kappa shape index (κ1) is 77.5. The Morgan fingerprint density at radius 3 is 1.41 bits per heavy atom. The van der Waals surface area contributed by atoms with Crippen LogP contribution in [0.25, 0.3) is 33.8 Å². The second-order valence-corrected chi connectivity index (χ2v) is 27.9. The third-order valence-corrected chi connectivity index (χ3v) is 19.8. The molecule has 2 bridgehead atoms. The molecule has 4 aromatic carbocycles. The van der Waals surface area contributed by atoms with Crippen LogP contribution >= 0.6 is 0 Å². The minimum atomic E-state index is -0.382. The van der Waals surface area contributed by atoms with Gasteiger partial charge in [0, 0.05) is 154 Å². The van der Waals surface area contributed by atoms with E-state index in [1.807, 2.05) is 156 Å². The highest BCUT2D eigenvalue weighted by Gasteiger charge is 2.53. The van der Waals surface area contributed by atoms with Gasteiger partial charge in [-0.1, -0.05) is 49.1 Å². The topological polar surface area (TPSA) is 303 Å². The monoisotopic (exact) mass is 1460 g/mol. The van der Waals surface area contributed by atoms with E-state index in [-0.39, 0.29) is 52.0 Å². The lowest BCUT2D eigenvalue weighted by atomic mass is 9.53. The van der Waals surface area contributed by atoms with Crippen molar-refractivity contribution in [2.45, 2.75) is 105 Å². The maximum atomic E-state index is 13.5.